The van der Waals surface area contributed by atoms with Crippen LogP contribution in [0.1, 0.15) is 12.0 Å². The average Bonchev–Trinajstić information content (AvgIpc) is 2.62. The summed E-state index contributed by atoms with van der Waals surface area (Å²) in [6, 6.07) is 5.56. The largest absolute Gasteiger partial charge is 0.379 e. The van der Waals surface area contributed by atoms with Gasteiger partial charge in [0.25, 0.3) is 0 Å². The smallest absolute Gasteiger partial charge is 0.246 e. The van der Waals surface area contributed by atoms with Crippen LogP contribution in [-0.4, -0.2) is 61.6 Å². The third-order valence-corrected chi connectivity index (χ3v) is 3.99. The van der Waals surface area contributed by atoms with Crippen LogP contribution in [-0.2, 0) is 9.53 Å². The number of nitrogens with zero attached hydrogens (tertiary/aromatic N) is 3. The summed E-state index contributed by atoms with van der Waals surface area (Å²) < 4.78 is 32.5. The minimum Gasteiger partial charge on any atom is -0.379 e. The van der Waals surface area contributed by atoms with Crippen LogP contribution in [0.3, 0.4) is 0 Å². The van der Waals surface area contributed by atoms with Crippen molar-refractivity contribution in [3.8, 4) is 6.07 Å². The summed E-state index contributed by atoms with van der Waals surface area (Å²) in [7, 11) is 0. The van der Waals surface area contributed by atoms with Crippen LogP contribution in [0.5, 0.6) is 0 Å². The van der Waals surface area contributed by atoms with E-state index in [1.165, 1.54) is 11.0 Å². The third kappa shape index (κ3) is 5.93. The van der Waals surface area contributed by atoms with Crippen LogP contribution in [0.25, 0.3) is 6.08 Å². The van der Waals surface area contributed by atoms with E-state index in [1.807, 2.05) is 6.07 Å². The van der Waals surface area contributed by atoms with Gasteiger partial charge in [-0.1, -0.05) is 6.07 Å². The summed E-state index contributed by atoms with van der Waals surface area (Å²) in [5.74, 6) is -1.81. The lowest BCUT2D eigenvalue weighted by atomic mass is 10.2. The van der Waals surface area contributed by atoms with E-state index in [-0.39, 0.29) is 24.4 Å². The summed E-state index contributed by atoms with van der Waals surface area (Å²) in [5, 5.41) is 8.76. The van der Waals surface area contributed by atoms with Crippen molar-refractivity contribution in [2.45, 2.75) is 6.42 Å². The molecule has 2 rings (SSSR count). The SMILES string of the molecule is N#CCCN(CCN1CCOCC1)C(=O)/C=C\c1c(F)cccc1F. The van der Waals surface area contributed by atoms with Crippen LogP contribution in [0.4, 0.5) is 8.78 Å². The molecule has 1 aromatic rings. The van der Waals surface area contributed by atoms with Gasteiger partial charge in [-0.2, -0.15) is 5.26 Å². The van der Waals surface area contributed by atoms with E-state index in [0.717, 1.165) is 37.4 Å². The maximum Gasteiger partial charge on any atom is 0.246 e. The number of hydrogen-bond acceptors (Lipinski definition) is 4. The fraction of sp³-hybridized carbons (Fsp3) is 0.444. The zero-order valence-electron chi connectivity index (χ0n) is 14.0. The normalized spacial score (nSPS) is 15.2. The van der Waals surface area contributed by atoms with E-state index in [1.54, 1.807) is 0 Å². The molecule has 5 nitrogen and oxygen atoms in total. The topological polar surface area (TPSA) is 56.6 Å². The van der Waals surface area contributed by atoms with Gasteiger partial charge in [0.1, 0.15) is 11.6 Å². The third-order valence-electron chi connectivity index (χ3n) is 3.99. The number of rotatable bonds is 7. The molecule has 134 valence electrons. The van der Waals surface area contributed by atoms with Crippen LogP contribution in [0.15, 0.2) is 24.3 Å². The molecule has 0 spiro atoms. The number of hydrogen-bond donors (Lipinski definition) is 0. The molecule has 0 N–H and O–H groups in total. The van der Waals surface area contributed by atoms with Gasteiger partial charge >= 0.3 is 0 Å². The number of carbonyl (C=O) groups is 1. The molecule has 0 bridgehead atoms. The molecule has 1 aliphatic heterocycles. The van der Waals surface area contributed by atoms with Crippen molar-refractivity contribution >= 4 is 12.0 Å². The predicted molar refractivity (Wildman–Crippen MR) is 89.5 cm³/mol. The van der Waals surface area contributed by atoms with Gasteiger partial charge in [-0.3, -0.25) is 9.69 Å². The molecular weight excluding hydrogens is 328 g/mol. The van der Waals surface area contributed by atoms with Crippen molar-refractivity contribution in [2.75, 3.05) is 45.9 Å². The Morgan fingerprint density at radius 1 is 1.28 bits per heavy atom. The van der Waals surface area contributed by atoms with E-state index >= 15 is 0 Å². The van der Waals surface area contributed by atoms with Crippen molar-refractivity contribution in [3.05, 3.63) is 41.5 Å². The molecule has 0 saturated carbocycles. The number of nitriles is 1. The number of halogens is 2. The fourth-order valence-corrected chi connectivity index (χ4v) is 2.53. The number of carbonyl (C=O) groups excluding carboxylic acids is 1. The Morgan fingerprint density at radius 3 is 2.60 bits per heavy atom. The van der Waals surface area contributed by atoms with Gasteiger partial charge in [0, 0.05) is 44.4 Å². The molecule has 25 heavy (non-hydrogen) atoms. The Bertz CT molecular complexity index is 632. The highest BCUT2D eigenvalue weighted by atomic mass is 19.1. The maximum atomic E-state index is 13.6. The lowest BCUT2D eigenvalue weighted by molar-refractivity contribution is -0.126. The van der Waals surface area contributed by atoms with Crippen molar-refractivity contribution in [1.29, 1.82) is 5.26 Å². The molecule has 1 saturated heterocycles. The second-order valence-electron chi connectivity index (χ2n) is 5.66. The lowest BCUT2D eigenvalue weighted by Gasteiger charge is -2.29. The predicted octanol–water partition coefficient (Wildman–Crippen LogP) is 2.05. The van der Waals surface area contributed by atoms with Crippen LogP contribution in [0.2, 0.25) is 0 Å². The minimum atomic E-state index is -0.721. The Morgan fingerprint density at radius 2 is 1.96 bits per heavy atom. The summed E-state index contributed by atoms with van der Waals surface area (Å²) in [5.41, 5.74) is -0.246. The monoisotopic (exact) mass is 349 g/mol. The first-order chi connectivity index (χ1) is 12.1. The molecular formula is C18H21F2N3O2. The molecule has 0 aliphatic carbocycles. The number of morpholine rings is 1. The highest BCUT2D eigenvalue weighted by Crippen LogP contribution is 2.14. The summed E-state index contributed by atoms with van der Waals surface area (Å²) in [4.78, 5) is 16.1. The van der Waals surface area contributed by atoms with Gasteiger partial charge < -0.3 is 9.64 Å². The fourth-order valence-electron chi connectivity index (χ4n) is 2.53. The molecule has 7 heteroatoms. The standard InChI is InChI=1S/C18H21F2N3O2/c19-16-3-1-4-17(20)15(16)5-6-18(24)23(8-2-7-21)10-9-22-11-13-25-14-12-22/h1,3-6H,2,8-14H2/b6-5-. The van der Waals surface area contributed by atoms with Crippen LogP contribution < -0.4 is 0 Å². The zero-order valence-corrected chi connectivity index (χ0v) is 14.0. The molecule has 0 unspecified atom stereocenters. The van der Waals surface area contributed by atoms with Gasteiger partial charge in [-0.15, -0.1) is 0 Å². The number of ether oxygens (including phenoxy) is 1. The van der Waals surface area contributed by atoms with Crippen LogP contribution >= 0.6 is 0 Å². The summed E-state index contributed by atoms with van der Waals surface area (Å²) in [6.07, 6.45) is 2.50. The molecule has 1 aliphatic rings. The van der Waals surface area contributed by atoms with Crippen molar-refractivity contribution in [1.82, 2.24) is 9.80 Å². The van der Waals surface area contributed by atoms with Crippen molar-refractivity contribution in [3.63, 3.8) is 0 Å². The molecule has 0 radical (unpaired) electrons. The molecule has 1 fully saturated rings. The van der Waals surface area contributed by atoms with Gasteiger partial charge in [0.2, 0.25) is 5.91 Å². The van der Waals surface area contributed by atoms with E-state index in [9.17, 15) is 13.6 Å². The van der Waals surface area contributed by atoms with E-state index in [2.05, 4.69) is 4.90 Å². The average molecular weight is 349 g/mol. The highest BCUT2D eigenvalue weighted by Gasteiger charge is 2.15. The van der Waals surface area contributed by atoms with E-state index in [0.29, 0.717) is 26.3 Å². The van der Waals surface area contributed by atoms with Crippen molar-refractivity contribution in [2.24, 2.45) is 0 Å². The Labute approximate surface area is 146 Å². The minimum absolute atomic E-state index is 0.205. The second-order valence-corrected chi connectivity index (χ2v) is 5.66. The zero-order chi connectivity index (χ0) is 18.1. The number of amides is 1. The Balaban J connectivity index is 1.99. The molecule has 1 aromatic carbocycles. The van der Waals surface area contributed by atoms with Gasteiger partial charge in [-0.25, -0.2) is 8.78 Å². The quantitative estimate of drug-likeness (QED) is 0.707. The molecule has 1 amide bonds. The number of benzene rings is 1. The van der Waals surface area contributed by atoms with Gasteiger partial charge in [0.15, 0.2) is 0 Å². The van der Waals surface area contributed by atoms with Crippen LogP contribution in [0, 0.1) is 23.0 Å². The first-order valence-electron chi connectivity index (χ1n) is 8.20. The Hall–Kier alpha value is -2.30. The Kier molecular flexibility index (Phi) is 7.51. The first-order valence-corrected chi connectivity index (χ1v) is 8.20. The molecule has 0 aromatic heterocycles. The molecule has 1 heterocycles. The van der Waals surface area contributed by atoms with E-state index in [4.69, 9.17) is 10.00 Å². The van der Waals surface area contributed by atoms with Crippen molar-refractivity contribution < 1.29 is 18.3 Å². The van der Waals surface area contributed by atoms with Gasteiger partial charge in [0.05, 0.1) is 25.7 Å². The lowest BCUT2D eigenvalue weighted by Crippen LogP contribution is -2.43. The first kappa shape index (κ1) is 19.0. The van der Waals surface area contributed by atoms with Gasteiger partial charge in [-0.05, 0) is 18.2 Å². The summed E-state index contributed by atoms with van der Waals surface area (Å²) in [6.45, 7) is 4.33. The molecule has 0 atom stereocenters. The summed E-state index contributed by atoms with van der Waals surface area (Å²) >= 11 is 0. The second kappa shape index (κ2) is 9.87. The maximum absolute atomic E-state index is 13.6. The highest BCUT2D eigenvalue weighted by molar-refractivity contribution is 5.91. The van der Waals surface area contributed by atoms with E-state index < -0.39 is 11.6 Å².